The van der Waals surface area contributed by atoms with Crippen LogP contribution in [0.15, 0.2) is 36.5 Å². The quantitative estimate of drug-likeness (QED) is 0.699. The maximum absolute atomic E-state index is 12.5. The summed E-state index contributed by atoms with van der Waals surface area (Å²) in [6.07, 6.45) is 2.27. The summed E-state index contributed by atoms with van der Waals surface area (Å²) in [5.74, 6) is -1.16. The van der Waals surface area contributed by atoms with Crippen molar-refractivity contribution in [3.63, 3.8) is 0 Å². The minimum Gasteiger partial charge on any atom is -0.478 e. The van der Waals surface area contributed by atoms with E-state index >= 15 is 0 Å². The van der Waals surface area contributed by atoms with Crippen molar-refractivity contribution < 1.29 is 14.7 Å². The predicted molar refractivity (Wildman–Crippen MR) is 102 cm³/mol. The summed E-state index contributed by atoms with van der Waals surface area (Å²) in [4.78, 5) is 28.1. The Morgan fingerprint density at radius 2 is 2.04 bits per heavy atom. The Balaban J connectivity index is 1.70. The van der Waals surface area contributed by atoms with E-state index in [-0.39, 0.29) is 17.5 Å². The van der Waals surface area contributed by atoms with Crippen molar-refractivity contribution in [2.24, 2.45) is 0 Å². The molecule has 2 N–H and O–H groups in total. The van der Waals surface area contributed by atoms with Crippen molar-refractivity contribution >= 4 is 22.9 Å². The Morgan fingerprint density at radius 1 is 1.26 bits per heavy atom. The van der Waals surface area contributed by atoms with Crippen molar-refractivity contribution in [2.75, 3.05) is 6.54 Å². The van der Waals surface area contributed by atoms with Crippen LogP contribution in [0.1, 0.15) is 51.9 Å². The number of hydrogen-bond donors (Lipinski definition) is 2. The van der Waals surface area contributed by atoms with Gasteiger partial charge in [-0.05, 0) is 51.0 Å². The normalized spacial score (nSPS) is 11.1. The highest BCUT2D eigenvalue weighted by Gasteiger charge is 2.15. The lowest BCUT2D eigenvalue weighted by Crippen LogP contribution is -2.26. The summed E-state index contributed by atoms with van der Waals surface area (Å²) in [7, 11) is 0. The second kappa shape index (κ2) is 7.57. The molecule has 7 nitrogen and oxygen atoms in total. The number of hydrogen-bond acceptors (Lipinski definition) is 4. The molecule has 0 bridgehead atoms. The topological polar surface area (TPSA) is 97.1 Å². The molecule has 0 saturated carbocycles. The van der Waals surface area contributed by atoms with Gasteiger partial charge in [-0.25, -0.2) is 14.5 Å². The van der Waals surface area contributed by atoms with E-state index in [1.807, 2.05) is 37.6 Å². The number of rotatable bonds is 6. The lowest BCUT2D eigenvalue weighted by atomic mass is 10.1. The zero-order valence-electron chi connectivity index (χ0n) is 15.6. The van der Waals surface area contributed by atoms with Crippen LogP contribution in [0.4, 0.5) is 0 Å². The van der Waals surface area contributed by atoms with Crippen LogP contribution in [0, 0.1) is 6.92 Å². The van der Waals surface area contributed by atoms with E-state index in [4.69, 9.17) is 5.11 Å². The van der Waals surface area contributed by atoms with Gasteiger partial charge in [0.15, 0.2) is 5.65 Å². The maximum Gasteiger partial charge on any atom is 0.335 e. The molecule has 0 aliphatic rings. The van der Waals surface area contributed by atoms with Crippen LogP contribution in [-0.4, -0.2) is 38.3 Å². The number of pyridine rings is 1. The van der Waals surface area contributed by atoms with E-state index in [1.165, 1.54) is 0 Å². The number of aromatic carboxylic acids is 1. The SMILES string of the molecule is Cc1nc2c(cnn2C(C)C)cc1C(=O)NCCc1cccc(C(=O)O)c1. The molecule has 3 aromatic rings. The third kappa shape index (κ3) is 3.97. The third-order valence-electron chi connectivity index (χ3n) is 4.37. The molecule has 0 aliphatic carbocycles. The van der Waals surface area contributed by atoms with Crippen LogP contribution in [-0.2, 0) is 6.42 Å². The first-order chi connectivity index (χ1) is 12.9. The molecule has 27 heavy (non-hydrogen) atoms. The number of benzene rings is 1. The molecule has 0 atom stereocenters. The monoisotopic (exact) mass is 366 g/mol. The molecule has 140 valence electrons. The summed E-state index contributed by atoms with van der Waals surface area (Å²) < 4.78 is 1.83. The molecule has 2 aromatic heterocycles. The summed E-state index contributed by atoms with van der Waals surface area (Å²) in [6, 6.07) is 8.71. The Morgan fingerprint density at radius 3 is 2.74 bits per heavy atom. The van der Waals surface area contributed by atoms with Gasteiger partial charge in [0.25, 0.3) is 5.91 Å². The molecular formula is C20H22N4O3. The molecule has 1 amide bonds. The average Bonchev–Trinajstić information content (AvgIpc) is 3.04. The van der Waals surface area contributed by atoms with Crippen LogP contribution in [0.3, 0.4) is 0 Å². The van der Waals surface area contributed by atoms with Gasteiger partial charge in [-0.1, -0.05) is 12.1 Å². The molecule has 2 heterocycles. The highest BCUT2D eigenvalue weighted by atomic mass is 16.4. The van der Waals surface area contributed by atoms with E-state index in [2.05, 4.69) is 15.4 Å². The predicted octanol–water partition coefficient (Wildman–Crippen LogP) is 2.99. The van der Waals surface area contributed by atoms with Gasteiger partial charge in [-0.2, -0.15) is 5.10 Å². The number of aryl methyl sites for hydroxylation is 1. The van der Waals surface area contributed by atoms with Crippen molar-refractivity contribution in [3.05, 3.63) is 58.9 Å². The summed E-state index contributed by atoms with van der Waals surface area (Å²) in [5.41, 5.74) is 3.04. The van der Waals surface area contributed by atoms with Crippen LogP contribution < -0.4 is 5.32 Å². The number of carboxylic acid groups (broad SMARTS) is 1. The van der Waals surface area contributed by atoms with E-state index in [9.17, 15) is 9.59 Å². The van der Waals surface area contributed by atoms with Crippen LogP contribution in [0.25, 0.3) is 11.0 Å². The second-order valence-electron chi connectivity index (χ2n) is 6.73. The molecule has 0 radical (unpaired) electrons. The third-order valence-corrected chi connectivity index (χ3v) is 4.37. The summed E-state index contributed by atoms with van der Waals surface area (Å²) >= 11 is 0. The van der Waals surface area contributed by atoms with Gasteiger partial charge in [-0.3, -0.25) is 4.79 Å². The number of carbonyl (C=O) groups is 2. The Bertz CT molecular complexity index is 1010. The first-order valence-electron chi connectivity index (χ1n) is 8.82. The lowest BCUT2D eigenvalue weighted by Gasteiger charge is -2.10. The molecule has 3 rings (SSSR count). The molecule has 0 spiro atoms. The number of aromatic nitrogens is 3. The zero-order valence-corrected chi connectivity index (χ0v) is 15.6. The minimum atomic E-state index is -0.960. The van der Waals surface area contributed by atoms with E-state index in [1.54, 1.807) is 24.4 Å². The fourth-order valence-corrected chi connectivity index (χ4v) is 2.95. The Kier molecular flexibility index (Phi) is 5.21. The fraction of sp³-hybridized carbons (Fsp3) is 0.300. The molecule has 7 heteroatoms. The van der Waals surface area contributed by atoms with Crippen molar-refractivity contribution in [1.29, 1.82) is 0 Å². The zero-order chi connectivity index (χ0) is 19.6. The van der Waals surface area contributed by atoms with Crippen LogP contribution in [0.2, 0.25) is 0 Å². The van der Waals surface area contributed by atoms with Gasteiger partial charge in [-0.15, -0.1) is 0 Å². The van der Waals surface area contributed by atoms with Crippen molar-refractivity contribution in [1.82, 2.24) is 20.1 Å². The minimum absolute atomic E-state index is 0.190. The molecule has 1 aromatic carbocycles. The lowest BCUT2D eigenvalue weighted by molar-refractivity contribution is 0.0696. The van der Waals surface area contributed by atoms with Gasteiger partial charge >= 0.3 is 5.97 Å². The maximum atomic E-state index is 12.5. The van der Waals surface area contributed by atoms with E-state index in [0.29, 0.717) is 24.2 Å². The van der Waals surface area contributed by atoms with Gasteiger partial charge in [0.1, 0.15) is 0 Å². The highest BCUT2D eigenvalue weighted by molar-refractivity contribution is 5.98. The number of amides is 1. The average molecular weight is 366 g/mol. The molecule has 0 aliphatic heterocycles. The van der Waals surface area contributed by atoms with Crippen LogP contribution >= 0.6 is 0 Å². The number of fused-ring (bicyclic) bond motifs is 1. The molecule has 0 fully saturated rings. The number of carboxylic acids is 1. The Hall–Kier alpha value is -3.22. The Labute approximate surface area is 157 Å². The molecular weight excluding hydrogens is 344 g/mol. The van der Waals surface area contributed by atoms with Crippen molar-refractivity contribution in [2.45, 2.75) is 33.2 Å². The first kappa shape index (κ1) is 18.6. The van der Waals surface area contributed by atoms with E-state index in [0.717, 1.165) is 16.6 Å². The molecule has 0 unspecified atom stereocenters. The van der Waals surface area contributed by atoms with Gasteiger partial charge in [0, 0.05) is 18.0 Å². The smallest absolute Gasteiger partial charge is 0.335 e. The largest absolute Gasteiger partial charge is 0.478 e. The summed E-state index contributed by atoms with van der Waals surface area (Å²) in [5, 5.41) is 17.1. The van der Waals surface area contributed by atoms with Crippen molar-refractivity contribution in [3.8, 4) is 0 Å². The van der Waals surface area contributed by atoms with Gasteiger partial charge in [0.2, 0.25) is 0 Å². The highest BCUT2D eigenvalue weighted by Crippen LogP contribution is 2.19. The second-order valence-corrected chi connectivity index (χ2v) is 6.73. The standard InChI is InChI=1S/C20H22N4O3/c1-12(2)24-18-16(11-22-24)10-17(13(3)23-18)19(25)21-8-7-14-5-4-6-15(9-14)20(26)27/h4-6,9-12H,7-8H2,1-3H3,(H,21,25)(H,26,27). The van der Waals surface area contributed by atoms with E-state index < -0.39 is 5.97 Å². The van der Waals surface area contributed by atoms with Gasteiger partial charge in [0.05, 0.1) is 23.0 Å². The summed E-state index contributed by atoms with van der Waals surface area (Å²) in [6.45, 7) is 6.28. The molecule has 0 saturated heterocycles. The fourth-order valence-electron chi connectivity index (χ4n) is 2.95. The van der Waals surface area contributed by atoms with Crippen LogP contribution in [0.5, 0.6) is 0 Å². The van der Waals surface area contributed by atoms with Gasteiger partial charge < -0.3 is 10.4 Å². The first-order valence-corrected chi connectivity index (χ1v) is 8.82. The number of nitrogens with zero attached hydrogens (tertiary/aromatic N) is 3. The number of nitrogens with one attached hydrogen (secondary N) is 1. The number of carbonyl (C=O) groups excluding carboxylic acids is 1.